The minimum atomic E-state index is -0.101. The van der Waals surface area contributed by atoms with Gasteiger partial charge in [0.25, 0.3) is 5.56 Å². The zero-order valence-corrected chi connectivity index (χ0v) is 19.0. The summed E-state index contributed by atoms with van der Waals surface area (Å²) in [6, 6.07) is 14.3. The molecule has 2 aromatic heterocycles. The topological polar surface area (TPSA) is 67.5 Å². The Kier molecular flexibility index (Phi) is 5.57. The fraction of sp³-hybridized carbons (Fsp3) is 0.280. The molecule has 0 fully saturated rings. The molecule has 0 spiro atoms. The number of aromatic nitrogens is 2. The molecule has 0 unspecified atom stereocenters. The van der Waals surface area contributed by atoms with Gasteiger partial charge in [-0.1, -0.05) is 30.3 Å². The molecule has 0 saturated carbocycles. The number of rotatable bonds is 6. The van der Waals surface area contributed by atoms with Gasteiger partial charge >= 0.3 is 0 Å². The predicted octanol–water partition coefficient (Wildman–Crippen LogP) is 5.01. The number of nitrogens with one attached hydrogen (secondary N) is 1. The third-order valence-electron chi connectivity index (χ3n) is 5.70. The fourth-order valence-electron chi connectivity index (χ4n) is 4.17. The first-order valence-electron chi connectivity index (χ1n) is 10.9. The van der Waals surface area contributed by atoms with E-state index < -0.39 is 0 Å². The number of fused-ring (bicyclic) bond motifs is 2. The number of aromatic amines is 1. The van der Waals surface area contributed by atoms with E-state index in [1.54, 1.807) is 0 Å². The molecule has 164 valence electrons. The molecule has 0 radical (unpaired) electrons. The summed E-state index contributed by atoms with van der Waals surface area (Å²) in [6.07, 6.45) is 0.936. The molecule has 1 N–H and O–H groups in total. The maximum atomic E-state index is 12.9. The average molecular weight is 448 g/mol. The van der Waals surface area contributed by atoms with Crippen LogP contribution in [0.15, 0.2) is 52.6 Å². The zero-order chi connectivity index (χ0) is 22.1. The van der Waals surface area contributed by atoms with Crippen molar-refractivity contribution >= 4 is 27.5 Å². The molecule has 7 heteroatoms. The number of ether oxygens (including phenoxy) is 2. The van der Waals surface area contributed by atoms with Crippen LogP contribution >= 0.6 is 11.3 Å². The second-order valence-corrected chi connectivity index (χ2v) is 8.56. The van der Waals surface area contributed by atoms with Crippen LogP contribution in [0.1, 0.15) is 25.0 Å². The summed E-state index contributed by atoms with van der Waals surface area (Å²) < 4.78 is 12.1. The SMILES string of the molecule is CCOc1ccc(-c2csc3c(=O)[nH]c(N4CCc5ccccc5C4)nc23)cc1OCC. The molecule has 4 aromatic rings. The molecule has 1 aliphatic heterocycles. The smallest absolute Gasteiger partial charge is 0.270 e. The Balaban J connectivity index is 1.56. The molecule has 0 atom stereocenters. The Morgan fingerprint density at radius 1 is 1.06 bits per heavy atom. The molecule has 0 amide bonds. The molecule has 3 heterocycles. The highest BCUT2D eigenvalue weighted by Crippen LogP contribution is 2.37. The van der Waals surface area contributed by atoms with Gasteiger partial charge in [-0.15, -0.1) is 11.3 Å². The van der Waals surface area contributed by atoms with Crippen molar-refractivity contribution < 1.29 is 9.47 Å². The van der Waals surface area contributed by atoms with E-state index in [-0.39, 0.29) is 5.56 Å². The largest absolute Gasteiger partial charge is 0.490 e. The Hall–Kier alpha value is -3.32. The number of hydrogen-bond acceptors (Lipinski definition) is 6. The highest BCUT2D eigenvalue weighted by Gasteiger charge is 2.21. The lowest BCUT2D eigenvalue weighted by molar-refractivity contribution is 0.288. The van der Waals surface area contributed by atoms with E-state index in [1.165, 1.54) is 22.5 Å². The first-order valence-corrected chi connectivity index (χ1v) is 11.8. The molecule has 0 bridgehead atoms. The normalized spacial score (nSPS) is 13.2. The van der Waals surface area contributed by atoms with E-state index in [9.17, 15) is 4.79 Å². The van der Waals surface area contributed by atoms with E-state index in [2.05, 4.69) is 34.1 Å². The molecular formula is C25H25N3O3S. The summed E-state index contributed by atoms with van der Waals surface area (Å²) in [6.45, 7) is 6.58. The van der Waals surface area contributed by atoms with Gasteiger partial charge in [0.2, 0.25) is 5.95 Å². The van der Waals surface area contributed by atoms with Gasteiger partial charge in [-0.25, -0.2) is 4.98 Å². The van der Waals surface area contributed by atoms with Crippen LogP contribution in [0.2, 0.25) is 0 Å². The summed E-state index contributed by atoms with van der Waals surface area (Å²) in [7, 11) is 0. The van der Waals surface area contributed by atoms with Gasteiger partial charge in [0.05, 0.1) is 18.7 Å². The average Bonchev–Trinajstić information content (AvgIpc) is 3.25. The Labute approximate surface area is 190 Å². The zero-order valence-electron chi connectivity index (χ0n) is 18.2. The molecular weight excluding hydrogens is 422 g/mol. The third-order valence-corrected chi connectivity index (χ3v) is 6.67. The summed E-state index contributed by atoms with van der Waals surface area (Å²) in [5.41, 5.74) is 5.14. The van der Waals surface area contributed by atoms with Crippen LogP contribution in [0.4, 0.5) is 5.95 Å². The molecule has 0 saturated heterocycles. The maximum absolute atomic E-state index is 12.9. The third kappa shape index (κ3) is 3.73. The van der Waals surface area contributed by atoms with Gasteiger partial charge in [-0.3, -0.25) is 9.78 Å². The van der Waals surface area contributed by atoms with Crippen LogP contribution < -0.4 is 19.9 Å². The van der Waals surface area contributed by atoms with Gasteiger partial charge in [0.1, 0.15) is 4.70 Å². The van der Waals surface area contributed by atoms with Crippen molar-refractivity contribution in [1.29, 1.82) is 0 Å². The summed E-state index contributed by atoms with van der Waals surface area (Å²) in [5.74, 6) is 2.03. The van der Waals surface area contributed by atoms with Crippen molar-refractivity contribution in [3.8, 4) is 22.6 Å². The minimum Gasteiger partial charge on any atom is -0.490 e. The van der Waals surface area contributed by atoms with Gasteiger partial charge < -0.3 is 14.4 Å². The van der Waals surface area contributed by atoms with Crippen LogP contribution in [0.25, 0.3) is 21.3 Å². The molecule has 5 rings (SSSR count). The standard InChI is InChI=1S/C25H25N3O3S/c1-3-30-20-10-9-17(13-21(20)31-4-2)19-15-32-23-22(19)26-25(27-24(23)29)28-12-11-16-7-5-6-8-18(16)14-28/h5-10,13,15H,3-4,11-12,14H2,1-2H3,(H,26,27,29). The lowest BCUT2D eigenvalue weighted by Gasteiger charge is -2.29. The van der Waals surface area contributed by atoms with Gasteiger partial charge in [-0.05, 0) is 49.1 Å². The lowest BCUT2D eigenvalue weighted by Crippen LogP contribution is -2.33. The first kappa shape index (κ1) is 20.6. The molecule has 0 aliphatic carbocycles. The summed E-state index contributed by atoms with van der Waals surface area (Å²) >= 11 is 1.42. The Morgan fingerprint density at radius 2 is 1.84 bits per heavy atom. The highest BCUT2D eigenvalue weighted by molar-refractivity contribution is 7.17. The molecule has 2 aromatic carbocycles. The number of H-pyrrole nitrogens is 1. The van der Waals surface area contributed by atoms with Crippen LogP contribution in [0, 0.1) is 0 Å². The van der Waals surface area contributed by atoms with Crippen molar-refractivity contribution in [3.05, 3.63) is 69.3 Å². The number of anilines is 1. The van der Waals surface area contributed by atoms with Crippen molar-refractivity contribution in [2.75, 3.05) is 24.7 Å². The number of nitrogens with zero attached hydrogens (tertiary/aromatic N) is 2. The monoisotopic (exact) mass is 447 g/mol. The highest BCUT2D eigenvalue weighted by atomic mass is 32.1. The van der Waals surface area contributed by atoms with Crippen LogP contribution in [-0.2, 0) is 13.0 Å². The van der Waals surface area contributed by atoms with E-state index in [0.717, 1.165) is 41.9 Å². The second kappa shape index (κ2) is 8.67. The molecule has 6 nitrogen and oxygen atoms in total. The number of benzene rings is 2. The van der Waals surface area contributed by atoms with Gasteiger partial charge in [-0.2, -0.15) is 0 Å². The predicted molar refractivity (Wildman–Crippen MR) is 129 cm³/mol. The van der Waals surface area contributed by atoms with E-state index in [1.807, 2.05) is 37.4 Å². The number of hydrogen-bond donors (Lipinski definition) is 1. The van der Waals surface area contributed by atoms with Crippen LogP contribution in [-0.4, -0.2) is 29.7 Å². The molecule has 32 heavy (non-hydrogen) atoms. The van der Waals surface area contributed by atoms with Crippen molar-refractivity contribution in [2.24, 2.45) is 0 Å². The van der Waals surface area contributed by atoms with Crippen molar-refractivity contribution in [2.45, 2.75) is 26.8 Å². The van der Waals surface area contributed by atoms with E-state index in [4.69, 9.17) is 14.5 Å². The summed E-state index contributed by atoms with van der Waals surface area (Å²) in [4.78, 5) is 22.9. The van der Waals surface area contributed by atoms with E-state index >= 15 is 0 Å². The Morgan fingerprint density at radius 3 is 2.66 bits per heavy atom. The van der Waals surface area contributed by atoms with E-state index in [0.29, 0.717) is 29.6 Å². The second-order valence-electron chi connectivity index (χ2n) is 7.68. The maximum Gasteiger partial charge on any atom is 0.270 e. The van der Waals surface area contributed by atoms with Crippen molar-refractivity contribution in [1.82, 2.24) is 9.97 Å². The first-order chi connectivity index (χ1) is 15.7. The lowest BCUT2D eigenvalue weighted by atomic mass is 10.0. The Bertz CT molecular complexity index is 1330. The van der Waals surface area contributed by atoms with Crippen LogP contribution in [0.5, 0.6) is 11.5 Å². The van der Waals surface area contributed by atoms with Crippen molar-refractivity contribution in [3.63, 3.8) is 0 Å². The van der Waals surface area contributed by atoms with Gasteiger partial charge in [0.15, 0.2) is 11.5 Å². The fourth-order valence-corrected chi connectivity index (χ4v) is 5.07. The molecule has 1 aliphatic rings. The number of thiophene rings is 1. The van der Waals surface area contributed by atoms with Crippen LogP contribution in [0.3, 0.4) is 0 Å². The minimum absolute atomic E-state index is 0.101. The quantitative estimate of drug-likeness (QED) is 0.450. The van der Waals surface area contributed by atoms with Gasteiger partial charge in [0, 0.05) is 24.0 Å². The summed E-state index contributed by atoms with van der Waals surface area (Å²) in [5, 5.41) is 1.99.